The number of amides is 1. The SMILES string of the molecule is Cn1cc(-c2ccco2)c(C(N)=O)n1. The minimum atomic E-state index is -0.558. The minimum absolute atomic E-state index is 0.224. The molecule has 0 unspecified atom stereocenters. The van der Waals surface area contributed by atoms with Crippen LogP contribution < -0.4 is 5.73 Å². The van der Waals surface area contributed by atoms with Gasteiger partial charge in [-0.25, -0.2) is 0 Å². The molecule has 0 saturated heterocycles. The fraction of sp³-hybridized carbons (Fsp3) is 0.111. The molecule has 0 bridgehead atoms. The Morgan fingerprint density at radius 1 is 1.64 bits per heavy atom. The molecule has 2 aromatic heterocycles. The molecule has 72 valence electrons. The molecule has 2 heterocycles. The molecule has 0 aliphatic rings. The van der Waals surface area contributed by atoms with E-state index in [9.17, 15) is 4.79 Å². The molecule has 1 amide bonds. The maximum absolute atomic E-state index is 11.0. The number of carbonyl (C=O) groups excluding carboxylic acids is 1. The summed E-state index contributed by atoms with van der Waals surface area (Å²) in [6, 6.07) is 3.50. The Balaban J connectivity index is 2.58. The standard InChI is InChI=1S/C9H9N3O2/c1-12-5-6(7-3-2-4-14-7)8(11-12)9(10)13/h2-5H,1H3,(H2,10,13). The molecule has 14 heavy (non-hydrogen) atoms. The predicted molar refractivity (Wildman–Crippen MR) is 49.4 cm³/mol. The molecule has 5 nitrogen and oxygen atoms in total. The van der Waals surface area contributed by atoms with Crippen LogP contribution in [-0.4, -0.2) is 15.7 Å². The molecule has 0 spiro atoms. The third kappa shape index (κ3) is 1.28. The number of aromatic nitrogens is 2. The largest absolute Gasteiger partial charge is 0.464 e. The zero-order chi connectivity index (χ0) is 10.1. The number of hydrogen-bond acceptors (Lipinski definition) is 3. The van der Waals surface area contributed by atoms with Gasteiger partial charge in [0, 0.05) is 13.2 Å². The van der Waals surface area contributed by atoms with Gasteiger partial charge in [-0.15, -0.1) is 0 Å². The number of nitrogens with two attached hydrogens (primary N) is 1. The average molecular weight is 191 g/mol. The lowest BCUT2D eigenvalue weighted by atomic mass is 10.2. The first-order valence-electron chi connectivity index (χ1n) is 4.06. The summed E-state index contributed by atoms with van der Waals surface area (Å²) in [6.45, 7) is 0. The number of rotatable bonds is 2. The monoisotopic (exact) mass is 191 g/mol. The lowest BCUT2D eigenvalue weighted by Crippen LogP contribution is -2.13. The van der Waals surface area contributed by atoms with Crippen LogP contribution >= 0.6 is 0 Å². The summed E-state index contributed by atoms with van der Waals surface area (Å²) in [7, 11) is 1.72. The molecular weight excluding hydrogens is 182 g/mol. The van der Waals surface area contributed by atoms with Crippen LogP contribution in [0.5, 0.6) is 0 Å². The van der Waals surface area contributed by atoms with E-state index in [1.165, 1.54) is 10.9 Å². The molecule has 0 aromatic carbocycles. The molecule has 2 N–H and O–H groups in total. The highest BCUT2D eigenvalue weighted by Crippen LogP contribution is 2.22. The first kappa shape index (κ1) is 8.55. The van der Waals surface area contributed by atoms with E-state index in [4.69, 9.17) is 10.2 Å². The Bertz CT molecular complexity index is 456. The minimum Gasteiger partial charge on any atom is -0.464 e. The van der Waals surface area contributed by atoms with Gasteiger partial charge in [0.15, 0.2) is 5.69 Å². The van der Waals surface area contributed by atoms with Crippen molar-refractivity contribution in [1.82, 2.24) is 9.78 Å². The van der Waals surface area contributed by atoms with Crippen LogP contribution in [0.1, 0.15) is 10.5 Å². The van der Waals surface area contributed by atoms with Crippen molar-refractivity contribution < 1.29 is 9.21 Å². The van der Waals surface area contributed by atoms with Crippen molar-refractivity contribution >= 4 is 5.91 Å². The van der Waals surface area contributed by atoms with E-state index in [1.54, 1.807) is 25.4 Å². The summed E-state index contributed by atoms with van der Waals surface area (Å²) in [5.74, 6) is 0.0314. The smallest absolute Gasteiger partial charge is 0.269 e. The molecule has 0 saturated carbocycles. The lowest BCUT2D eigenvalue weighted by Gasteiger charge is -1.92. The number of primary amides is 1. The lowest BCUT2D eigenvalue weighted by molar-refractivity contribution is 0.0995. The van der Waals surface area contributed by atoms with Gasteiger partial charge < -0.3 is 10.2 Å². The summed E-state index contributed by atoms with van der Waals surface area (Å²) < 4.78 is 6.69. The van der Waals surface area contributed by atoms with Crippen LogP contribution in [0.25, 0.3) is 11.3 Å². The van der Waals surface area contributed by atoms with Crippen LogP contribution in [0.2, 0.25) is 0 Å². The second-order valence-electron chi connectivity index (χ2n) is 2.91. The van der Waals surface area contributed by atoms with Crippen molar-refractivity contribution in [3.05, 3.63) is 30.3 Å². The number of carbonyl (C=O) groups is 1. The summed E-state index contributed by atoms with van der Waals surface area (Å²) in [4.78, 5) is 11.0. The average Bonchev–Trinajstić information content (AvgIpc) is 2.70. The fourth-order valence-electron chi connectivity index (χ4n) is 1.28. The zero-order valence-electron chi connectivity index (χ0n) is 7.60. The van der Waals surface area contributed by atoms with Crippen LogP contribution in [0.3, 0.4) is 0 Å². The molecule has 5 heteroatoms. The Labute approximate surface area is 80.1 Å². The molecular formula is C9H9N3O2. The highest BCUT2D eigenvalue weighted by atomic mass is 16.3. The number of furan rings is 1. The van der Waals surface area contributed by atoms with Crippen molar-refractivity contribution in [2.24, 2.45) is 12.8 Å². The van der Waals surface area contributed by atoms with E-state index in [1.807, 2.05) is 0 Å². The first-order valence-corrected chi connectivity index (χ1v) is 4.06. The summed E-state index contributed by atoms with van der Waals surface area (Å²) in [5, 5.41) is 3.95. The maximum atomic E-state index is 11.0. The molecule has 2 aromatic rings. The molecule has 0 radical (unpaired) electrons. The third-order valence-electron chi connectivity index (χ3n) is 1.85. The summed E-state index contributed by atoms with van der Waals surface area (Å²) in [5.41, 5.74) is 6.02. The molecule has 0 fully saturated rings. The number of aryl methyl sites for hydroxylation is 1. The Kier molecular flexibility index (Phi) is 1.85. The third-order valence-corrected chi connectivity index (χ3v) is 1.85. The van der Waals surface area contributed by atoms with Gasteiger partial charge >= 0.3 is 0 Å². The van der Waals surface area contributed by atoms with E-state index >= 15 is 0 Å². The summed E-state index contributed by atoms with van der Waals surface area (Å²) >= 11 is 0. The highest BCUT2D eigenvalue weighted by Gasteiger charge is 2.16. The van der Waals surface area contributed by atoms with Crippen LogP contribution in [0.15, 0.2) is 29.0 Å². The van der Waals surface area contributed by atoms with Crippen molar-refractivity contribution in [1.29, 1.82) is 0 Å². The Morgan fingerprint density at radius 3 is 3.00 bits per heavy atom. The van der Waals surface area contributed by atoms with Crippen molar-refractivity contribution in [2.45, 2.75) is 0 Å². The van der Waals surface area contributed by atoms with E-state index in [-0.39, 0.29) is 5.69 Å². The van der Waals surface area contributed by atoms with E-state index in [0.717, 1.165) is 0 Å². The van der Waals surface area contributed by atoms with Crippen LogP contribution in [0, 0.1) is 0 Å². The van der Waals surface area contributed by atoms with Gasteiger partial charge in [-0.05, 0) is 12.1 Å². The quantitative estimate of drug-likeness (QED) is 0.762. The molecule has 0 aliphatic carbocycles. The summed E-state index contributed by atoms with van der Waals surface area (Å²) in [6.07, 6.45) is 3.23. The first-order chi connectivity index (χ1) is 6.68. The normalized spacial score (nSPS) is 10.4. The Hall–Kier alpha value is -2.04. The van der Waals surface area contributed by atoms with Crippen molar-refractivity contribution in [3.63, 3.8) is 0 Å². The van der Waals surface area contributed by atoms with Crippen molar-refractivity contribution in [2.75, 3.05) is 0 Å². The van der Waals surface area contributed by atoms with E-state index in [2.05, 4.69) is 5.10 Å². The van der Waals surface area contributed by atoms with Gasteiger partial charge in [0.25, 0.3) is 5.91 Å². The van der Waals surface area contributed by atoms with E-state index < -0.39 is 5.91 Å². The topological polar surface area (TPSA) is 74.1 Å². The van der Waals surface area contributed by atoms with Crippen molar-refractivity contribution in [3.8, 4) is 11.3 Å². The van der Waals surface area contributed by atoms with Gasteiger partial charge in [-0.2, -0.15) is 5.10 Å². The second-order valence-corrected chi connectivity index (χ2v) is 2.91. The van der Waals surface area contributed by atoms with Gasteiger partial charge in [0.05, 0.1) is 11.8 Å². The molecule has 2 rings (SSSR count). The predicted octanol–water partition coefficient (Wildman–Crippen LogP) is 0.779. The zero-order valence-corrected chi connectivity index (χ0v) is 7.60. The molecule has 0 atom stereocenters. The van der Waals surface area contributed by atoms with Gasteiger partial charge in [-0.1, -0.05) is 0 Å². The van der Waals surface area contributed by atoms with E-state index in [0.29, 0.717) is 11.3 Å². The van der Waals surface area contributed by atoms with Gasteiger partial charge in [0.2, 0.25) is 0 Å². The highest BCUT2D eigenvalue weighted by molar-refractivity contribution is 5.97. The van der Waals surface area contributed by atoms with Crippen LogP contribution in [0.4, 0.5) is 0 Å². The Morgan fingerprint density at radius 2 is 2.43 bits per heavy atom. The van der Waals surface area contributed by atoms with Gasteiger partial charge in [-0.3, -0.25) is 9.48 Å². The fourth-order valence-corrected chi connectivity index (χ4v) is 1.28. The number of nitrogens with zero attached hydrogens (tertiary/aromatic N) is 2. The second kappa shape index (κ2) is 3.02. The van der Waals surface area contributed by atoms with Gasteiger partial charge in [0.1, 0.15) is 5.76 Å². The number of hydrogen-bond donors (Lipinski definition) is 1. The van der Waals surface area contributed by atoms with Crippen LogP contribution in [-0.2, 0) is 7.05 Å². The maximum Gasteiger partial charge on any atom is 0.269 e. The molecule has 0 aliphatic heterocycles.